The first kappa shape index (κ1) is 7.39. The molecule has 0 amide bonds. The van der Waals surface area contributed by atoms with Crippen molar-refractivity contribution in [1.29, 1.82) is 0 Å². The van der Waals surface area contributed by atoms with Gasteiger partial charge in [0.05, 0.1) is 0 Å². The normalized spacial score (nSPS) is 18.0. The van der Waals surface area contributed by atoms with Gasteiger partial charge in [-0.05, 0) is 24.1 Å². The summed E-state index contributed by atoms with van der Waals surface area (Å²) in [6.45, 7) is 4.47. The van der Waals surface area contributed by atoms with Gasteiger partial charge in [-0.15, -0.1) is 0 Å². The average Bonchev–Trinajstić information content (AvgIpc) is 1.88. The topological polar surface area (TPSA) is 3.24 Å². The van der Waals surface area contributed by atoms with Gasteiger partial charge in [-0.3, -0.25) is 0 Å². The van der Waals surface area contributed by atoms with Crippen molar-refractivity contribution < 1.29 is 0 Å². The van der Waals surface area contributed by atoms with Crippen LogP contribution in [-0.2, 0) is 0 Å². The van der Waals surface area contributed by atoms with Crippen molar-refractivity contribution in [3.8, 4) is 0 Å². The fourth-order valence-electron chi connectivity index (χ4n) is 1.10. The first-order valence-electron chi connectivity index (χ1n) is 3.79. The lowest BCUT2D eigenvalue weighted by Crippen LogP contribution is -2.08. The third-order valence-electron chi connectivity index (χ3n) is 1.81. The highest BCUT2D eigenvalue weighted by molar-refractivity contribution is 5.14. The Bertz CT molecular complexity index is 166. The standard InChI is InChI=1S/C9H15N/c1-8(2)9-5-4-6-10(3)7-9/h4,6-8H,5H2,1-3H3. The summed E-state index contributed by atoms with van der Waals surface area (Å²) in [7, 11) is 2.07. The van der Waals surface area contributed by atoms with E-state index in [0.717, 1.165) is 6.42 Å². The van der Waals surface area contributed by atoms with E-state index in [1.807, 2.05) is 0 Å². The van der Waals surface area contributed by atoms with Gasteiger partial charge in [0, 0.05) is 13.2 Å². The van der Waals surface area contributed by atoms with Crippen molar-refractivity contribution in [2.45, 2.75) is 20.3 Å². The molecule has 0 spiro atoms. The molecule has 1 aliphatic rings. The zero-order valence-corrected chi connectivity index (χ0v) is 6.96. The van der Waals surface area contributed by atoms with Crippen molar-refractivity contribution >= 4 is 0 Å². The molecule has 0 N–H and O–H groups in total. The van der Waals surface area contributed by atoms with E-state index in [9.17, 15) is 0 Å². The molecule has 0 radical (unpaired) electrons. The van der Waals surface area contributed by atoms with Gasteiger partial charge in [-0.1, -0.05) is 19.9 Å². The number of hydrogen-bond acceptors (Lipinski definition) is 1. The molecule has 56 valence electrons. The minimum Gasteiger partial charge on any atom is -0.358 e. The molecule has 1 heterocycles. The summed E-state index contributed by atoms with van der Waals surface area (Å²) in [6.07, 6.45) is 7.65. The summed E-state index contributed by atoms with van der Waals surface area (Å²) in [5, 5.41) is 0. The highest BCUT2D eigenvalue weighted by Gasteiger charge is 2.04. The summed E-state index contributed by atoms with van der Waals surface area (Å²) in [6, 6.07) is 0. The molecule has 0 aromatic carbocycles. The van der Waals surface area contributed by atoms with E-state index in [1.54, 1.807) is 0 Å². The monoisotopic (exact) mass is 137 g/mol. The van der Waals surface area contributed by atoms with Gasteiger partial charge < -0.3 is 4.90 Å². The number of hydrogen-bond donors (Lipinski definition) is 0. The molecule has 0 saturated carbocycles. The van der Waals surface area contributed by atoms with Gasteiger partial charge in [-0.2, -0.15) is 0 Å². The van der Waals surface area contributed by atoms with Crippen LogP contribution in [0.4, 0.5) is 0 Å². The third-order valence-corrected chi connectivity index (χ3v) is 1.81. The van der Waals surface area contributed by atoms with E-state index < -0.39 is 0 Å². The molecule has 1 rings (SSSR count). The lowest BCUT2D eigenvalue weighted by atomic mass is 10.00. The second-order valence-electron chi connectivity index (χ2n) is 3.11. The molecule has 0 atom stereocenters. The van der Waals surface area contributed by atoms with Crippen LogP contribution >= 0.6 is 0 Å². The van der Waals surface area contributed by atoms with Gasteiger partial charge in [0.25, 0.3) is 0 Å². The van der Waals surface area contributed by atoms with E-state index >= 15 is 0 Å². The molecule has 0 aliphatic carbocycles. The Morgan fingerprint density at radius 3 is 2.60 bits per heavy atom. The van der Waals surface area contributed by atoms with Crippen LogP contribution in [0, 0.1) is 5.92 Å². The molecular weight excluding hydrogens is 122 g/mol. The van der Waals surface area contributed by atoms with Crippen LogP contribution in [0.15, 0.2) is 24.0 Å². The molecular formula is C9H15N. The van der Waals surface area contributed by atoms with Gasteiger partial charge >= 0.3 is 0 Å². The zero-order chi connectivity index (χ0) is 7.56. The summed E-state index contributed by atoms with van der Waals surface area (Å²) in [5.74, 6) is 0.687. The minimum atomic E-state index is 0.687. The smallest absolute Gasteiger partial charge is 0.0106 e. The maximum atomic E-state index is 2.23. The number of allylic oxidation sites excluding steroid dienone is 2. The summed E-state index contributed by atoms with van der Waals surface area (Å²) < 4.78 is 0. The minimum absolute atomic E-state index is 0.687. The summed E-state index contributed by atoms with van der Waals surface area (Å²) >= 11 is 0. The number of rotatable bonds is 1. The third kappa shape index (κ3) is 1.63. The Balaban J connectivity index is 2.62. The average molecular weight is 137 g/mol. The molecule has 0 saturated heterocycles. The van der Waals surface area contributed by atoms with Crippen molar-refractivity contribution in [1.82, 2.24) is 4.90 Å². The second-order valence-corrected chi connectivity index (χ2v) is 3.11. The van der Waals surface area contributed by atoms with Crippen LogP contribution in [-0.4, -0.2) is 11.9 Å². The van der Waals surface area contributed by atoms with Crippen molar-refractivity contribution in [3.63, 3.8) is 0 Å². The molecule has 1 aliphatic heterocycles. The molecule has 0 fully saturated rings. The Hall–Kier alpha value is -0.720. The lowest BCUT2D eigenvalue weighted by Gasteiger charge is -2.18. The second kappa shape index (κ2) is 2.91. The molecule has 1 nitrogen and oxygen atoms in total. The molecule has 10 heavy (non-hydrogen) atoms. The summed E-state index contributed by atoms with van der Waals surface area (Å²) in [5.41, 5.74) is 1.52. The zero-order valence-electron chi connectivity index (χ0n) is 6.96. The Labute approximate surface area is 63.0 Å². The van der Waals surface area contributed by atoms with Gasteiger partial charge in [-0.25, -0.2) is 0 Å². The van der Waals surface area contributed by atoms with Crippen LogP contribution in [0.3, 0.4) is 0 Å². The SMILES string of the molecule is CC(C)C1=CN(C)C=CC1. The van der Waals surface area contributed by atoms with Crippen molar-refractivity contribution in [3.05, 3.63) is 24.0 Å². The predicted molar refractivity (Wildman–Crippen MR) is 44.4 cm³/mol. The first-order valence-corrected chi connectivity index (χ1v) is 3.79. The maximum Gasteiger partial charge on any atom is 0.0106 e. The fraction of sp³-hybridized carbons (Fsp3) is 0.556. The molecule has 0 aromatic rings. The van der Waals surface area contributed by atoms with Gasteiger partial charge in [0.1, 0.15) is 0 Å². The van der Waals surface area contributed by atoms with Gasteiger partial charge in [0.2, 0.25) is 0 Å². The van der Waals surface area contributed by atoms with E-state index in [4.69, 9.17) is 0 Å². The van der Waals surface area contributed by atoms with E-state index in [2.05, 4.69) is 44.3 Å². The predicted octanol–water partition coefficient (Wildman–Crippen LogP) is 2.38. The van der Waals surface area contributed by atoms with Crippen molar-refractivity contribution in [2.75, 3.05) is 7.05 Å². The quantitative estimate of drug-likeness (QED) is 0.536. The molecule has 0 bridgehead atoms. The Kier molecular flexibility index (Phi) is 2.15. The first-order chi connectivity index (χ1) is 4.70. The van der Waals surface area contributed by atoms with Crippen LogP contribution in [0.1, 0.15) is 20.3 Å². The maximum absolute atomic E-state index is 2.23. The highest BCUT2D eigenvalue weighted by Crippen LogP contribution is 2.18. The molecule has 0 aromatic heterocycles. The van der Waals surface area contributed by atoms with Crippen LogP contribution < -0.4 is 0 Å². The molecule has 0 unspecified atom stereocenters. The van der Waals surface area contributed by atoms with E-state index in [-0.39, 0.29) is 0 Å². The Morgan fingerprint density at radius 1 is 1.50 bits per heavy atom. The van der Waals surface area contributed by atoms with Gasteiger partial charge in [0.15, 0.2) is 0 Å². The molecule has 1 heteroatoms. The number of nitrogens with zero attached hydrogens (tertiary/aromatic N) is 1. The van der Waals surface area contributed by atoms with Crippen LogP contribution in [0.5, 0.6) is 0 Å². The largest absolute Gasteiger partial charge is 0.358 e. The summed E-state index contributed by atoms with van der Waals surface area (Å²) in [4.78, 5) is 2.11. The highest BCUT2D eigenvalue weighted by atomic mass is 15.1. The van der Waals surface area contributed by atoms with Crippen molar-refractivity contribution in [2.24, 2.45) is 5.92 Å². The van der Waals surface area contributed by atoms with E-state index in [1.165, 1.54) is 5.57 Å². The fourth-order valence-corrected chi connectivity index (χ4v) is 1.10. The Morgan fingerprint density at radius 2 is 2.20 bits per heavy atom. The van der Waals surface area contributed by atoms with E-state index in [0.29, 0.717) is 5.92 Å². The van der Waals surface area contributed by atoms with Crippen LogP contribution in [0.2, 0.25) is 0 Å². The lowest BCUT2D eigenvalue weighted by molar-refractivity contribution is 0.577. The van der Waals surface area contributed by atoms with Crippen LogP contribution in [0.25, 0.3) is 0 Å².